The van der Waals surface area contributed by atoms with Gasteiger partial charge in [0, 0.05) is 11.8 Å². The fourth-order valence-electron chi connectivity index (χ4n) is 2.71. The third-order valence-corrected chi connectivity index (χ3v) is 4.78. The smallest absolute Gasteiger partial charge is 0.306 e. The fraction of sp³-hybridized carbons (Fsp3) is 0.222. The van der Waals surface area contributed by atoms with Crippen LogP contribution in [0.25, 0.3) is 11.0 Å². The molecule has 0 aliphatic carbocycles. The standard InChI is InChI=1S/C18H14BrClF3N5O/c1-8(2)15-12(7-24-10-3-4-14(20)28-16(10)15)27-17(29)26-11-5-13(18(21,22)23)25-6-9(11)19/h3-8H,1-2H3,(H2,25,26,27,29). The number of pyridine rings is 3. The number of fused-ring (bicyclic) bond motifs is 1. The molecule has 0 aliphatic heterocycles. The number of hydrogen-bond donors (Lipinski definition) is 2. The third-order valence-electron chi connectivity index (χ3n) is 3.94. The molecule has 0 fully saturated rings. The molecule has 0 atom stereocenters. The SMILES string of the molecule is CC(C)c1c(NC(=O)Nc2cc(C(F)(F)F)ncc2Br)cnc2ccc(Cl)nc12. The van der Waals surface area contributed by atoms with Crippen molar-refractivity contribution in [3.05, 3.63) is 51.5 Å². The van der Waals surface area contributed by atoms with Crippen LogP contribution in [0.4, 0.5) is 29.3 Å². The first-order valence-corrected chi connectivity index (χ1v) is 9.49. The lowest BCUT2D eigenvalue weighted by Gasteiger charge is -2.17. The zero-order valence-electron chi connectivity index (χ0n) is 15.1. The molecule has 3 rings (SSSR count). The summed E-state index contributed by atoms with van der Waals surface area (Å²) in [5, 5.41) is 5.29. The van der Waals surface area contributed by atoms with Crippen LogP contribution in [0.1, 0.15) is 31.0 Å². The Hall–Kier alpha value is -2.46. The van der Waals surface area contributed by atoms with Gasteiger partial charge in [0.15, 0.2) is 0 Å². The Morgan fingerprint density at radius 2 is 1.83 bits per heavy atom. The predicted octanol–water partition coefficient (Wildman–Crippen LogP) is 6.23. The minimum absolute atomic E-state index is 0.0359. The average molecular weight is 489 g/mol. The average Bonchev–Trinajstić information content (AvgIpc) is 2.61. The predicted molar refractivity (Wildman–Crippen MR) is 108 cm³/mol. The molecule has 3 heterocycles. The molecule has 0 spiro atoms. The van der Waals surface area contributed by atoms with Gasteiger partial charge in [-0.1, -0.05) is 25.4 Å². The highest BCUT2D eigenvalue weighted by molar-refractivity contribution is 9.10. The van der Waals surface area contributed by atoms with E-state index in [-0.39, 0.29) is 21.2 Å². The number of aromatic nitrogens is 3. The Bertz CT molecular complexity index is 1090. The topological polar surface area (TPSA) is 79.8 Å². The van der Waals surface area contributed by atoms with Crippen molar-refractivity contribution in [3.63, 3.8) is 0 Å². The lowest BCUT2D eigenvalue weighted by atomic mass is 10.0. The minimum atomic E-state index is -4.63. The summed E-state index contributed by atoms with van der Waals surface area (Å²) in [7, 11) is 0. The number of nitrogens with one attached hydrogen (secondary N) is 2. The summed E-state index contributed by atoms with van der Waals surface area (Å²) in [6.07, 6.45) is -2.19. The van der Waals surface area contributed by atoms with Gasteiger partial charge in [0.05, 0.1) is 33.1 Å². The highest BCUT2D eigenvalue weighted by Gasteiger charge is 2.33. The summed E-state index contributed by atoms with van der Waals surface area (Å²) in [4.78, 5) is 24.3. The first-order chi connectivity index (χ1) is 13.6. The molecule has 2 amide bonds. The van der Waals surface area contributed by atoms with E-state index in [1.54, 1.807) is 12.1 Å². The van der Waals surface area contributed by atoms with Crippen LogP contribution in [0.2, 0.25) is 5.15 Å². The molecular formula is C18H14BrClF3N5O. The number of rotatable bonds is 3. The summed E-state index contributed by atoms with van der Waals surface area (Å²) in [5.41, 5.74) is 1.03. The van der Waals surface area contributed by atoms with Gasteiger partial charge >= 0.3 is 12.2 Å². The molecule has 0 bridgehead atoms. The van der Waals surface area contributed by atoms with E-state index in [9.17, 15) is 18.0 Å². The van der Waals surface area contributed by atoms with Crippen LogP contribution in [-0.4, -0.2) is 21.0 Å². The minimum Gasteiger partial charge on any atom is -0.306 e. The van der Waals surface area contributed by atoms with Gasteiger partial charge in [-0.15, -0.1) is 0 Å². The first kappa shape index (κ1) is 21.3. The normalized spacial score (nSPS) is 11.7. The largest absolute Gasteiger partial charge is 0.433 e. The van der Waals surface area contributed by atoms with Crippen molar-refractivity contribution in [2.75, 3.05) is 10.6 Å². The molecular weight excluding hydrogens is 475 g/mol. The number of amides is 2. The highest BCUT2D eigenvalue weighted by Crippen LogP contribution is 2.33. The number of halogens is 5. The van der Waals surface area contributed by atoms with Crippen LogP contribution in [0.3, 0.4) is 0 Å². The van der Waals surface area contributed by atoms with Crippen molar-refractivity contribution in [2.45, 2.75) is 25.9 Å². The van der Waals surface area contributed by atoms with Gasteiger partial charge in [0.2, 0.25) is 0 Å². The Morgan fingerprint density at radius 3 is 2.48 bits per heavy atom. The van der Waals surface area contributed by atoms with Crippen molar-refractivity contribution < 1.29 is 18.0 Å². The van der Waals surface area contributed by atoms with Crippen LogP contribution in [0.15, 0.2) is 35.1 Å². The summed E-state index contributed by atoms with van der Waals surface area (Å²) in [5.74, 6) is -0.0359. The molecule has 2 N–H and O–H groups in total. The van der Waals surface area contributed by atoms with E-state index < -0.39 is 17.9 Å². The van der Waals surface area contributed by atoms with E-state index in [2.05, 4.69) is 41.5 Å². The molecule has 6 nitrogen and oxygen atoms in total. The molecule has 3 aromatic heterocycles. The molecule has 0 aliphatic rings. The van der Waals surface area contributed by atoms with Crippen molar-refractivity contribution >= 4 is 56.0 Å². The summed E-state index contributed by atoms with van der Waals surface area (Å²) in [6, 6.07) is 3.33. The zero-order chi connectivity index (χ0) is 21.3. The van der Waals surface area contributed by atoms with Crippen LogP contribution in [0, 0.1) is 0 Å². The number of hydrogen-bond acceptors (Lipinski definition) is 4. The molecule has 0 aromatic carbocycles. The maximum absolute atomic E-state index is 12.9. The number of anilines is 2. The second-order valence-electron chi connectivity index (χ2n) is 6.37. The van der Waals surface area contributed by atoms with Gasteiger partial charge in [-0.25, -0.2) is 9.78 Å². The zero-order valence-corrected chi connectivity index (χ0v) is 17.4. The van der Waals surface area contributed by atoms with Gasteiger partial charge in [-0.05, 0) is 40.0 Å². The second kappa shape index (κ2) is 8.11. The number of carbonyl (C=O) groups is 1. The molecule has 3 aromatic rings. The number of alkyl halides is 3. The number of urea groups is 1. The third kappa shape index (κ3) is 4.76. The molecule has 29 heavy (non-hydrogen) atoms. The van der Waals surface area contributed by atoms with Crippen LogP contribution < -0.4 is 10.6 Å². The van der Waals surface area contributed by atoms with Gasteiger partial charge in [-0.3, -0.25) is 9.97 Å². The molecule has 0 radical (unpaired) electrons. The Balaban J connectivity index is 1.92. The Labute approximate surface area is 177 Å². The van der Waals surface area contributed by atoms with Gasteiger partial charge in [0.1, 0.15) is 10.8 Å². The lowest BCUT2D eigenvalue weighted by molar-refractivity contribution is -0.141. The van der Waals surface area contributed by atoms with E-state index in [1.165, 1.54) is 6.20 Å². The quantitative estimate of drug-likeness (QED) is 0.429. The second-order valence-corrected chi connectivity index (χ2v) is 7.61. The summed E-state index contributed by atoms with van der Waals surface area (Å²) < 4.78 is 38.8. The Morgan fingerprint density at radius 1 is 1.14 bits per heavy atom. The maximum Gasteiger partial charge on any atom is 0.433 e. The lowest BCUT2D eigenvalue weighted by Crippen LogP contribution is -2.21. The molecule has 152 valence electrons. The van der Waals surface area contributed by atoms with Crippen molar-refractivity contribution in [3.8, 4) is 0 Å². The summed E-state index contributed by atoms with van der Waals surface area (Å²) >= 11 is 9.07. The van der Waals surface area contributed by atoms with Crippen LogP contribution in [0.5, 0.6) is 0 Å². The van der Waals surface area contributed by atoms with E-state index in [0.29, 0.717) is 22.3 Å². The van der Waals surface area contributed by atoms with Crippen molar-refractivity contribution in [1.29, 1.82) is 0 Å². The monoisotopic (exact) mass is 487 g/mol. The molecule has 0 saturated heterocycles. The van der Waals surface area contributed by atoms with Crippen LogP contribution >= 0.6 is 27.5 Å². The fourth-order valence-corrected chi connectivity index (χ4v) is 3.17. The van der Waals surface area contributed by atoms with E-state index in [0.717, 1.165) is 12.3 Å². The summed E-state index contributed by atoms with van der Waals surface area (Å²) in [6.45, 7) is 3.82. The van der Waals surface area contributed by atoms with E-state index in [4.69, 9.17) is 11.6 Å². The van der Waals surface area contributed by atoms with Crippen molar-refractivity contribution in [2.24, 2.45) is 0 Å². The number of nitrogens with zero attached hydrogens (tertiary/aromatic N) is 3. The molecule has 0 saturated carbocycles. The Kier molecular flexibility index (Phi) is 5.95. The van der Waals surface area contributed by atoms with Gasteiger partial charge in [-0.2, -0.15) is 13.2 Å². The first-order valence-electron chi connectivity index (χ1n) is 8.32. The highest BCUT2D eigenvalue weighted by atomic mass is 79.9. The number of carbonyl (C=O) groups excluding carboxylic acids is 1. The van der Waals surface area contributed by atoms with Gasteiger partial charge < -0.3 is 10.6 Å². The molecule has 0 unspecified atom stereocenters. The van der Waals surface area contributed by atoms with Crippen LogP contribution in [-0.2, 0) is 6.18 Å². The van der Waals surface area contributed by atoms with Gasteiger partial charge in [0.25, 0.3) is 0 Å². The van der Waals surface area contributed by atoms with E-state index >= 15 is 0 Å². The van der Waals surface area contributed by atoms with Crippen molar-refractivity contribution in [1.82, 2.24) is 15.0 Å². The maximum atomic E-state index is 12.9. The molecule has 11 heteroatoms. The van der Waals surface area contributed by atoms with E-state index in [1.807, 2.05) is 13.8 Å².